The molecule has 0 bridgehead atoms. The molecule has 1 aromatic heterocycles. The van der Waals surface area contributed by atoms with Crippen molar-refractivity contribution in [2.75, 3.05) is 5.32 Å². The average molecular weight is 476 g/mol. The number of halogens is 3. The SMILES string of the molecule is Cc1noc(C)c1COc1ccc(CC(=O)OC(C)C(=O)Nc2ccc(C(F)(F)F)cc2)cc1. The number of ether oxygens (including phenoxy) is 2. The Morgan fingerprint density at radius 2 is 1.71 bits per heavy atom. The number of nitrogens with one attached hydrogen (secondary N) is 1. The molecule has 180 valence electrons. The average Bonchev–Trinajstić information content (AvgIpc) is 3.10. The number of amides is 1. The first-order valence-electron chi connectivity index (χ1n) is 10.3. The molecule has 2 aromatic carbocycles. The van der Waals surface area contributed by atoms with Crippen LogP contribution in [-0.2, 0) is 33.5 Å². The van der Waals surface area contributed by atoms with Gasteiger partial charge in [0.1, 0.15) is 18.1 Å². The van der Waals surface area contributed by atoms with Gasteiger partial charge in [-0.2, -0.15) is 13.2 Å². The molecule has 0 spiro atoms. The Morgan fingerprint density at radius 1 is 1.06 bits per heavy atom. The Kier molecular flexibility index (Phi) is 7.60. The first kappa shape index (κ1) is 24.8. The molecule has 1 atom stereocenters. The molecule has 7 nitrogen and oxygen atoms in total. The van der Waals surface area contributed by atoms with Crippen molar-refractivity contribution in [2.24, 2.45) is 0 Å². The molecule has 0 aliphatic heterocycles. The van der Waals surface area contributed by atoms with Crippen LogP contribution in [0.25, 0.3) is 0 Å². The van der Waals surface area contributed by atoms with E-state index >= 15 is 0 Å². The molecule has 0 saturated carbocycles. The summed E-state index contributed by atoms with van der Waals surface area (Å²) < 4.78 is 53.8. The highest BCUT2D eigenvalue weighted by molar-refractivity contribution is 5.95. The second kappa shape index (κ2) is 10.4. The predicted octanol–water partition coefficient (Wildman–Crippen LogP) is 5.00. The number of carbonyl (C=O) groups is 2. The molecule has 3 aromatic rings. The highest BCUT2D eigenvalue weighted by Crippen LogP contribution is 2.29. The van der Waals surface area contributed by atoms with E-state index in [-0.39, 0.29) is 12.1 Å². The van der Waals surface area contributed by atoms with Gasteiger partial charge < -0.3 is 19.3 Å². The Hall–Kier alpha value is -3.82. The van der Waals surface area contributed by atoms with Crippen molar-refractivity contribution in [3.8, 4) is 5.75 Å². The molecule has 0 aliphatic carbocycles. The van der Waals surface area contributed by atoms with E-state index in [2.05, 4.69) is 10.5 Å². The normalized spacial score (nSPS) is 12.2. The van der Waals surface area contributed by atoms with Gasteiger partial charge in [0.15, 0.2) is 6.10 Å². The summed E-state index contributed by atoms with van der Waals surface area (Å²) in [6, 6.07) is 10.8. The maximum atomic E-state index is 12.6. The van der Waals surface area contributed by atoms with Crippen molar-refractivity contribution in [2.45, 2.75) is 46.1 Å². The Bertz CT molecular complexity index is 1120. The first-order chi connectivity index (χ1) is 16.0. The summed E-state index contributed by atoms with van der Waals surface area (Å²) in [5, 5.41) is 6.29. The molecule has 1 heterocycles. The molecular weight excluding hydrogens is 453 g/mol. The minimum atomic E-state index is -4.47. The van der Waals surface area contributed by atoms with Crippen LogP contribution >= 0.6 is 0 Å². The minimum absolute atomic E-state index is 0.0674. The second-order valence-electron chi connectivity index (χ2n) is 7.61. The van der Waals surface area contributed by atoms with Crippen LogP contribution in [0.15, 0.2) is 53.1 Å². The third-order valence-corrected chi connectivity index (χ3v) is 4.99. The van der Waals surface area contributed by atoms with Gasteiger partial charge in [0.2, 0.25) is 0 Å². The van der Waals surface area contributed by atoms with Gasteiger partial charge in [0, 0.05) is 5.69 Å². The monoisotopic (exact) mass is 476 g/mol. The fraction of sp³-hybridized carbons (Fsp3) is 0.292. The van der Waals surface area contributed by atoms with E-state index in [0.29, 0.717) is 23.7 Å². The van der Waals surface area contributed by atoms with Crippen molar-refractivity contribution in [1.82, 2.24) is 5.16 Å². The summed E-state index contributed by atoms with van der Waals surface area (Å²) >= 11 is 0. The topological polar surface area (TPSA) is 90.7 Å². The number of hydrogen-bond donors (Lipinski definition) is 1. The fourth-order valence-electron chi connectivity index (χ4n) is 3.01. The molecule has 1 amide bonds. The minimum Gasteiger partial charge on any atom is -0.489 e. The van der Waals surface area contributed by atoms with Crippen molar-refractivity contribution in [3.63, 3.8) is 0 Å². The van der Waals surface area contributed by atoms with E-state index in [1.165, 1.54) is 6.92 Å². The number of hydrogen-bond acceptors (Lipinski definition) is 6. The molecule has 10 heteroatoms. The molecule has 3 rings (SSSR count). The highest BCUT2D eigenvalue weighted by Gasteiger charge is 2.30. The van der Waals surface area contributed by atoms with Crippen LogP contribution in [0.2, 0.25) is 0 Å². The number of esters is 1. The second-order valence-corrected chi connectivity index (χ2v) is 7.61. The van der Waals surface area contributed by atoms with Crippen molar-refractivity contribution in [3.05, 3.63) is 76.7 Å². The van der Waals surface area contributed by atoms with Gasteiger partial charge in [0.25, 0.3) is 5.91 Å². The van der Waals surface area contributed by atoms with Crippen LogP contribution in [0.1, 0.15) is 35.1 Å². The van der Waals surface area contributed by atoms with Gasteiger partial charge in [-0.15, -0.1) is 0 Å². The number of anilines is 1. The van der Waals surface area contributed by atoms with E-state index in [1.807, 2.05) is 6.92 Å². The van der Waals surface area contributed by atoms with Gasteiger partial charge in [-0.25, -0.2) is 0 Å². The van der Waals surface area contributed by atoms with E-state index in [9.17, 15) is 22.8 Å². The van der Waals surface area contributed by atoms with Crippen molar-refractivity contribution in [1.29, 1.82) is 0 Å². The van der Waals surface area contributed by atoms with Crippen molar-refractivity contribution < 1.29 is 36.8 Å². The largest absolute Gasteiger partial charge is 0.489 e. The zero-order valence-corrected chi connectivity index (χ0v) is 18.7. The molecule has 0 radical (unpaired) electrons. The number of benzene rings is 2. The molecule has 1 N–H and O–H groups in total. The third kappa shape index (κ3) is 6.60. The summed E-state index contributed by atoms with van der Waals surface area (Å²) in [5.41, 5.74) is 1.62. The zero-order chi connectivity index (χ0) is 24.9. The number of rotatable bonds is 8. The number of aryl methyl sites for hydroxylation is 2. The van der Waals surface area contributed by atoms with Gasteiger partial charge in [-0.1, -0.05) is 17.3 Å². The number of carbonyl (C=O) groups excluding carboxylic acids is 2. The van der Waals surface area contributed by atoms with Gasteiger partial charge in [0.05, 0.1) is 23.2 Å². The molecule has 0 aliphatic rings. The van der Waals surface area contributed by atoms with Gasteiger partial charge >= 0.3 is 12.1 Å². The van der Waals surface area contributed by atoms with Gasteiger partial charge in [-0.05, 0) is 62.7 Å². The molecular formula is C24H23F3N2O5. The molecule has 1 unspecified atom stereocenters. The summed E-state index contributed by atoms with van der Waals surface area (Å²) in [4.78, 5) is 24.4. The van der Waals surface area contributed by atoms with Crippen molar-refractivity contribution >= 4 is 17.6 Å². The summed E-state index contributed by atoms with van der Waals surface area (Å²) in [7, 11) is 0. The first-order valence-corrected chi connectivity index (χ1v) is 10.3. The lowest BCUT2D eigenvalue weighted by Crippen LogP contribution is -2.30. The smallest absolute Gasteiger partial charge is 0.416 e. The van der Waals surface area contributed by atoms with Crippen LogP contribution in [0, 0.1) is 13.8 Å². The Labute approximate surface area is 193 Å². The quantitative estimate of drug-likeness (QED) is 0.460. The fourth-order valence-corrected chi connectivity index (χ4v) is 3.01. The lowest BCUT2D eigenvalue weighted by Gasteiger charge is -2.14. The standard InChI is InChI=1S/C24H23F3N2O5/c1-14-21(15(2)34-29-14)13-32-20-10-4-17(5-11-20)12-22(30)33-16(3)23(31)28-19-8-6-18(7-9-19)24(25,26)27/h4-11,16H,12-13H2,1-3H3,(H,28,31). The molecule has 0 fully saturated rings. The third-order valence-electron chi connectivity index (χ3n) is 4.99. The molecule has 0 saturated heterocycles. The van der Waals surface area contributed by atoms with E-state index < -0.39 is 29.7 Å². The van der Waals surface area contributed by atoms with Crippen LogP contribution in [-0.4, -0.2) is 23.1 Å². The predicted molar refractivity (Wildman–Crippen MR) is 116 cm³/mol. The van der Waals surface area contributed by atoms with E-state index in [0.717, 1.165) is 35.5 Å². The highest BCUT2D eigenvalue weighted by atomic mass is 19.4. The van der Waals surface area contributed by atoms with E-state index in [4.69, 9.17) is 14.0 Å². The lowest BCUT2D eigenvalue weighted by molar-refractivity contribution is -0.152. The lowest BCUT2D eigenvalue weighted by atomic mass is 10.1. The summed E-state index contributed by atoms with van der Waals surface area (Å²) in [6.07, 6.45) is -5.67. The Balaban J connectivity index is 1.47. The zero-order valence-electron chi connectivity index (χ0n) is 18.7. The van der Waals surface area contributed by atoms with Gasteiger partial charge in [-0.3, -0.25) is 9.59 Å². The van der Waals surface area contributed by atoms with Crippen LogP contribution in [0.3, 0.4) is 0 Å². The van der Waals surface area contributed by atoms with Crippen LogP contribution < -0.4 is 10.1 Å². The maximum absolute atomic E-state index is 12.6. The van der Waals surface area contributed by atoms with Crippen LogP contribution in [0.4, 0.5) is 18.9 Å². The number of nitrogens with zero attached hydrogens (tertiary/aromatic N) is 1. The summed E-state index contributed by atoms with van der Waals surface area (Å²) in [5.74, 6) is 0.00499. The van der Waals surface area contributed by atoms with Crippen LogP contribution in [0.5, 0.6) is 5.75 Å². The maximum Gasteiger partial charge on any atom is 0.416 e. The molecule has 34 heavy (non-hydrogen) atoms. The summed E-state index contributed by atoms with van der Waals surface area (Å²) in [6.45, 7) is 5.31. The number of aromatic nitrogens is 1. The Morgan fingerprint density at radius 3 is 2.26 bits per heavy atom. The number of alkyl halides is 3. The van der Waals surface area contributed by atoms with E-state index in [1.54, 1.807) is 31.2 Å².